The number of ether oxygens (including phenoxy) is 1. The fourth-order valence-electron chi connectivity index (χ4n) is 1.47. The Hall–Kier alpha value is -2.43. The fourth-order valence-corrected chi connectivity index (χ4v) is 1.47. The minimum atomic E-state index is -0.552. The lowest BCUT2D eigenvalue weighted by Gasteiger charge is -2.08. The molecule has 0 saturated heterocycles. The summed E-state index contributed by atoms with van der Waals surface area (Å²) < 4.78 is 4.57. The summed E-state index contributed by atoms with van der Waals surface area (Å²) in [7, 11) is 1.30. The molecule has 0 radical (unpaired) electrons. The SMILES string of the molecule is COC(=O)c1nccc(Nc2ccccc2C)n1. The average Bonchev–Trinajstić information content (AvgIpc) is 2.41. The summed E-state index contributed by atoms with van der Waals surface area (Å²) in [6, 6.07) is 9.51. The van der Waals surface area contributed by atoms with Crippen molar-refractivity contribution in [2.45, 2.75) is 6.92 Å². The lowest BCUT2D eigenvalue weighted by atomic mass is 10.2. The van der Waals surface area contributed by atoms with Gasteiger partial charge in [0.25, 0.3) is 0 Å². The van der Waals surface area contributed by atoms with Crippen molar-refractivity contribution in [2.24, 2.45) is 0 Å². The van der Waals surface area contributed by atoms with Gasteiger partial charge >= 0.3 is 5.97 Å². The number of carbonyl (C=O) groups is 1. The van der Waals surface area contributed by atoms with E-state index in [0.717, 1.165) is 11.3 Å². The third-order valence-electron chi connectivity index (χ3n) is 2.43. The third kappa shape index (κ3) is 2.63. The first-order valence-electron chi connectivity index (χ1n) is 5.44. The zero-order chi connectivity index (χ0) is 13.0. The van der Waals surface area contributed by atoms with E-state index >= 15 is 0 Å². The van der Waals surface area contributed by atoms with Gasteiger partial charge in [-0.2, -0.15) is 0 Å². The van der Waals surface area contributed by atoms with Gasteiger partial charge in [-0.1, -0.05) is 18.2 Å². The molecule has 0 atom stereocenters. The molecule has 1 aromatic carbocycles. The smallest absolute Gasteiger partial charge is 0.376 e. The Morgan fingerprint density at radius 2 is 2.06 bits per heavy atom. The lowest BCUT2D eigenvalue weighted by molar-refractivity contribution is 0.0587. The molecular weight excluding hydrogens is 230 g/mol. The van der Waals surface area contributed by atoms with Crippen LogP contribution in [0.3, 0.4) is 0 Å². The number of methoxy groups -OCH3 is 1. The largest absolute Gasteiger partial charge is 0.463 e. The number of benzene rings is 1. The lowest BCUT2D eigenvalue weighted by Crippen LogP contribution is -2.08. The van der Waals surface area contributed by atoms with Crippen molar-refractivity contribution in [3.05, 3.63) is 47.9 Å². The predicted octanol–water partition coefficient (Wildman–Crippen LogP) is 2.32. The van der Waals surface area contributed by atoms with Gasteiger partial charge in [-0.15, -0.1) is 0 Å². The van der Waals surface area contributed by atoms with Gasteiger partial charge in [0.2, 0.25) is 5.82 Å². The van der Waals surface area contributed by atoms with Crippen molar-refractivity contribution in [3.63, 3.8) is 0 Å². The van der Waals surface area contributed by atoms with E-state index in [1.54, 1.807) is 6.07 Å². The highest BCUT2D eigenvalue weighted by molar-refractivity contribution is 5.85. The maximum Gasteiger partial charge on any atom is 0.376 e. The van der Waals surface area contributed by atoms with Gasteiger partial charge in [-0.25, -0.2) is 14.8 Å². The molecule has 0 bridgehead atoms. The molecule has 1 aromatic heterocycles. The Morgan fingerprint density at radius 3 is 2.78 bits per heavy atom. The second kappa shape index (κ2) is 5.27. The number of nitrogens with zero attached hydrogens (tertiary/aromatic N) is 2. The number of nitrogens with one attached hydrogen (secondary N) is 1. The molecule has 2 rings (SSSR count). The van der Waals surface area contributed by atoms with E-state index in [-0.39, 0.29) is 5.82 Å². The summed E-state index contributed by atoms with van der Waals surface area (Å²) in [5, 5.41) is 3.13. The van der Waals surface area contributed by atoms with Gasteiger partial charge < -0.3 is 10.1 Å². The van der Waals surface area contributed by atoms with Crippen molar-refractivity contribution in [2.75, 3.05) is 12.4 Å². The summed E-state index contributed by atoms with van der Waals surface area (Å²) in [4.78, 5) is 19.2. The first-order valence-corrected chi connectivity index (χ1v) is 5.44. The van der Waals surface area contributed by atoms with Gasteiger partial charge in [0.1, 0.15) is 5.82 Å². The number of para-hydroxylation sites is 1. The molecule has 5 heteroatoms. The van der Waals surface area contributed by atoms with Gasteiger partial charge in [0, 0.05) is 11.9 Å². The first-order chi connectivity index (χ1) is 8.70. The summed E-state index contributed by atoms with van der Waals surface area (Å²) >= 11 is 0. The van der Waals surface area contributed by atoms with Crippen LogP contribution in [0.25, 0.3) is 0 Å². The number of esters is 1. The monoisotopic (exact) mass is 243 g/mol. The van der Waals surface area contributed by atoms with Gasteiger partial charge in [0.15, 0.2) is 0 Å². The Labute approximate surface area is 105 Å². The van der Waals surface area contributed by atoms with Crippen molar-refractivity contribution in [3.8, 4) is 0 Å². The van der Waals surface area contributed by atoms with Crippen molar-refractivity contribution in [1.29, 1.82) is 0 Å². The van der Waals surface area contributed by atoms with E-state index in [1.807, 2.05) is 31.2 Å². The Morgan fingerprint density at radius 1 is 1.28 bits per heavy atom. The molecule has 0 spiro atoms. The van der Waals surface area contributed by atoms with Crippen LogP contribution < -0.4 is 5.32 Å². The molecule has 0 aliphatic carbocycles. The number of aryl methyl sites for hydroxylation is 1. The number of hydrogen-bond acceptors (Lipinski definition) is 5. The quantitative estimate of drug-likeness (QED) is 0.838. The highest BCUT2D eigenvalue weighted by atomic mass is 16.5. The number of aromatic nitrogens is 2. The first kappa shape index (κ1) is 12.0. The third-order valence-corrected chi connectivity index (χ3v) is 2.43. The molecule has 1 heterocycles. The molecule has 0 aliphatic rings. The molecule has 2 aromatic rings. The molecule has 0 unspecified atom stereocenters. The van der Waals surface area contributed by atoms with Crippen LogP contribution in [0.15, 0.2) is 36.5 Å². The number of hydrogen-bond donors (Lipinski definition) is 1. The molecule has 1 N–H and O–H groups in total. The van der Waals surface area contributed by atoms with E-state index in [9.17, 15) is 4.79 Å². The van der Waals surface area contributed by atoms with E-state index in [0.29, 0.717) is 5.82 Å². The van der Waals surface area contributed by atoms with Gasteiger partial charge in [0.05, 0.1) is 7.11 Å². The normalized spacial score (nSPS) is 9.89. The fraction of sp³-hybridized carbons (Fsp3) is 0.154. The van der Waals surface area contributed by atoms with Crippen molar-refractivity contribution >= 4 is 17.5 Å². The number of rotatable bonds is 3. The van der Waals surface area contributed by atoms with Crippen LogP contribution in [0, 0.1) is 6.92 Å². The Balaban J connectivity index is 2.25. The molecule has 0 amide bonds. The van der Waals surface area contributed by atoms with Crippen LogP contribution >= 0.6 is 0 Å². The number of anilines is 2. The molecule has 0 fully saturated rings. The standard InChI is InChI=1S/C13H13N3O2/c1-9-5-3-4-6-10(9)15-11-7-8-14-12(16-11)13(17)18-2/h3-8H,1-2H3,(H,14,15,16). The van der Waals surface area contributed by atoms with Crippen LogP contribution in [0.1, 0.15) is 16.2 Å². The van der Waals surface area contributed by atoms with Crippen LogP contribution in [-0.2, 0) is 4.74 Å². The summed E-state index contributed by atoms with van der Waals surface area (Å²) in [6.45, 7) is 1.99. The minimum Gasteiger partial charge on any atom is -0.463 e. The van der Waals surface area contributed by atoms with Crippen LogP contribution in [0.4, 0.5) is 11.5 Å². The van der Waals surface area contributed by atoms with Gasteiger partial charge in [-0.05, 0) is 24.6 Å². The highest BCUT2D eigenvalue weighted by Gasteiger charge is 2.09. The Kier molecular flexibility index (Phi) is 3.52. The van der Waals surface area contributed by atoms with Crippen LogP contribution in [0.5, 0.6) is 0 Å². The highest BCUT2D eigenvalue weighted by Crippen LogP contribution is 2.18. The van der Waals surface area contributed by atoms with Crippen LogP contribution in [0.2, 0.25) is 0 Å². The second-order valence-electron chi connectivity index (χ2n) is 3.70. The zero-order valence-electron chi connectivity index (χ0n) is 10.2. The predicted molar refractivity (Wildman–Crippen MR) is 67.8 cm³/mol. The number of carbonyl (C=O) groups excluding carboxylic acids is 1. The van der Waals surface area contributed by atoms with Crippen LogP contribution in [-0.4, -0.2) is 23.0 Å². The zero-order valence-corrected chi connectivity index (χ0v) is 10.2. The minimum absolute atomic E-state index is 0.0380. The summed E-state index contributed by atoms with van der Waals surface area (Å²) in [5.74, 6) is 0.0409. The van der Waals surface area contributed by atoms with E-state index < -0.39 is 5.97 Å². The second-order valence-corrected chi connectivity index (χ2v) is 3.70. The average molecular weight is 243 g/mol. The van der Waals surface area contributed by atoms with Crippen molar-refractivity contribution < 1.29 is 9.53 Å². The maximum absolute atomic E-state index is 11.3. The molecule has 92 valence electrons. The molecular formula is C13H13N3O2. The van der Waals surface area contributed by atoms with E-state index in [1.165, 1.54) is 13.3 Å². The molecule has 0 saturated carbocycles. The molecule has 0 aliphatic heterocycles. The summed E-state index contributed by atoms with van der Waals surface area (Å²) in [6.07, 6.45) is 1.51. The maximum atomic E-state index is 11.3. The van der Waals surface area contributed by atoms with Crippen molar-refractivity contribution in [1.82, 2.24) is 9.97 Å². The topological polar surface area (TPSA) is 64.1 Å². The van der Waals surface area contributed by atoms with E-state index in [4.69, 9.17) is 0 Å². The van der Waals surface area contributed by atoms with Gasteiger partial charge in [-0.3, -0.25) is 0 Å². The van der Waals surface area contributed by atoms with E-state index in [2.05, 4.69) is 20.0 Å². The Bertz CT molecular complexity index is 570. The molecule has 5 nitrogen and oxygen atoms in total. The molecule has 18 heavy (non-hydrogen) atoms. The summed E-state index contributed by atoms with van der Waals surface area (Å²) in [5.41, 5.74) is 2.03.